The average Bonchev–Trinajstić information content (AvgIpc) is 3.07. The first-order valence-corrected chi connectivity index (χ1v) is 11.3. The van der Waals surface area contributed by atoms with Crippen molar-refractivity contribution in [2.45, 2.75) is 11.3 Å². The Morgan fingerprint density at radius 2 is 1.77 bits per heavy atom. The van der Waals surface area contributed by atoms with Crippen molar-refractivity contribution in [1.82, 2.24) is 0 Å². The van der Waals surface area contributed by atoms with Crippen molar-refractivity contribution in [3.05, 3.63) is 83.5 Å². The van der Waals surface area contributed by atoms with Crippen LogP contribution in [0.2, 0.25) is 0 Å². The number of quaternary nitrogens is 1. The summed E-state index contributed by atoms with van der Waals surface area (Å²) in [6.07, 6.45) is 9.98. The van der Waals surface area contributed by atoms with Gasteiger partial charge >= 0.3 is 0 Å². The third kappa shape index (κ3) is 4.61. The van der Waals surface area contributed by atoms with Crippen LogP contribution in [-0.2, 0) is 7.05 Å². The lowest BCUT2D eigenvalue weighted by molar-refractivity contribution is -0.870. The maximum Gasteiger partial charge on any atom is 0.212 e. The van der Waals surface area contributed by atoms with Gasteiger partial charge in [-0.2, -0.15) is 0 Å². The molecule has 0 saturated heterocycles. The summed E-state index contributed by atoms with van der Waals surface area (Å²) in [7, 11) is 8.88. The zero-order valence-electron chi connectivity index (χ0n) is 18.4. The first-order valence-electron chi connectivity index (χ1n) is 10.5. The highest BCUT2D eigenvalue weighted by atomic mass is 32.2. The molecular formula is C26H31N3S+2. The van der Waals surface area contributed by atoms with E-state index in [4.69, 9.17) is 0 Å². The fourth-order valence-corrected chi connectivity index (χ4v) is 4.98. The molecule has 1 aromatic heterocycles. The van der Waals surface area contributed by atoms with E-state index in [9.17, 15) is 0 Å². The number of pyridine rings is 1. The van der Waals surface area contributed by atoms with Crippen LogP contribution < -0.4 is 9.47 Å². The molecule has 4 heteroatoms. The third-order valence-corrected chi connectivity index (χ3v) is 6.57. The minimum Gasteiger partial charge on any atom is -0.335 e. The molecular weight excluding hydrogens is 386 g/mol. The van der Waals surface area contributed by atoms with Crippen molar-refractivity contribution in [1.29, 1.82) is 0 Å². The van der Waals surface area contributed by atoms with Crippen molar-refractivity contribution < 1.29 is 9.05 Å². The smallest absolute Gasteiger partial charge is 0.212 e. The van der Waals surface area contributed by atoms with Gasteiger partial charge in [0.25, 0.3) is 0 Å². The Kier molecular flexibility index (Phi) is 5.98. The number of aryl methyl sites for hydroxylation is 1. The molecule has 0 unspecified atom stereocenters. The Bertz CT molecular complexity index is 1110. The zero-order valence-corrected chi connectivity index (χ0v) is 19.2. The Hall–Kier alpha value is -2.56. The van der Waals surface area contributed by atoms with E-state index in [1.165, 1.54) is 45.0 Å². The predicted octanol–water partition coefficient (Wildman–Crippen LogP) is 5.23. The van der Waals surface area contributed by atoms with Gasteiger partial charge in [0, 0.05) is 30.0 Å². The highest BCUT2D eigenvalue weighted by Crippen LogP contribution is 2.45. The summed E-state index contributed by atoms with van der Waals surface area (Å²) in [4.78, 5) is 3.82. The summed E-state index contributed by atoms with van der Waals surface area (Å²) < 4.78 is 3.17. The van der Waals surface area contributed by atoms with E-state index in [0.717, 1.165) is 11.0 Å². The maximum absolute atomic E-state index is 2.48. The van der Waals surface area contributed by atoms with E-state index < -0.39 is 0 Å². The number of hydrogen-bond acceptors (Lipinski definition) is 2. The molecule has 4 rings (SSSR count). The van der Waals surface area contributed by atoms with Crippen LogP contribution in [0.25, 0.3) is 17.0 Å². The van der Waals surface area contributed by atoms with Gasteiger partial charge in [-0.15, -0.1) is 0 Å². The van der Waals surface area contributed by atoms with Gasteiger partial charge in [0.05, 0.1) is 43.8 Å². The fraction of sp³-hybridized carbons (Fsp3) is 0.269. The summed E-state index contributed by atoms with van der Waals surface area (Å²) in [5, 5.41) is 2.58. The van der Waals surface area contributed by atoms with Crippen LogP contribution in [-0.4, -0.2) is 38.7 Å². The molecule has 0 fully saturated rings. The molecule has 0 atom stereocenters. The van der Waals surface area contributed by atoms with Crippen LogP contribution in [0.1, 0.15) is 12.0 Å². The summed E-state index contributed by atoms with van der Waals surface area (Å²) in [5.41, 5.74) is 3.83. The van der Waals surface area contributed by atoms with Gasteiger partial charge in [-0.25, -0.2) is 4.57 Å². The van der Waals surface area contributed by atoms with Crippen molar-refractivity contribution >= 4 is 34.4 Å². The minimum atomic E-state index is 1.00. The molecule has 0 amide bonds. The molecule has 0 aliphatic carbocycles. The summed E-state index contributed by atoms with van der Waals surface area (Å²) >= 11 is 1.87. The van der Waals surface area contributed by atoms with Gasteiger partial charge in [-0.1, -0.05) is 48.2 Å². The van der Waals surface area contributed by atoms with Gasteiger partial charge < -0.3 is 9.38 Å². The molecule has 0 spiro atoms. The molecule has 30 heavy (non-hydrogen) atoms. The van der Waals surface area contributed by atoms with Crippen LogP contribution in [0.4, 0.5) is 5.69 Å². The van der Waals surface area contributed by atoms with E-state index in [1.807, 2.05) is 11.8 Å². The van der Waals surface area contributed by atoms with E-state index in [2.05, 4.69) is 117 Å². The summed E-state index contributed by atoms with van der Waals surface area (Å²) in [6, 6.07) is 19.5. The lowest BCUT2D eigenvalue weighted by atomic mass is 10.1. The van der Waals surface area contributed by atoms with Gasteiger partial charge in [0.15, 0.2) is 6.20 Å². The third-order valence-electron chi connectivity index (χ3n) is 5.43. The molecule has 2 aromatic carbocycles. The topological polar surface area (TPSA) is 7.12 Å². The number of rotatable bonds is 6. The van der Waals surface area contributed by atoms with Crippen LogP contribution in [0.15, 0.2) is 82.9 Å². The number of para-hydroxylation sites is 2. The maximum atomic E-state index is 2.48. The second-order valence-corrected chi connectivity index (χ2v) is 9.91. The molecule has 0 N–H and O–H groups in total. The van der Waals surface area contributed by atoms with Gasteiger partial charge in [0.1, 0.15) is 7.05 Å². The van der Waals surface area contributed by atoms with E-state index in [-0.39, 0.29) is 0 Å². The molecule has 0 bridgehead atoms. The average molecular weight is 418 g/mol. The van der Waals surface area contributed by atoms with E-state index >= 15 is 0 Å². The molecule has 154 valence electrons. The number of nitrogens with zero attached hydrogens (tertiary/aromatic N) is 3. The highest BCUT2D eigenvalue weighted by Gasteiger charge is 2.24. The first kappa shape index (κ1) is 20.7. The lowest BCUT2D eigenvalue weighted by Gasteiger charge is -2.26. The molecule has 0 radical (unpaired) electrons. The Balaban J connectivity index is 1.58. The second-order valence-electron chi connectivity index (χ2n) is 8.85. The van der Waals surface area contributed by atoms with Crippen molar-refractivity contribution in [3.63, 3.8) is 0 Å². The predicted molar refractivity (Wildman–Crippen MR) is 129 cm³/mol. The number of thioether (sulfide) groups is 1. The zero-order chi connectivity index (χ0) is 21.1. The molecule has 1 aliphatic heterocycles. The quantitative estimate of drug-likeness (QED) is 0.401. The van der Waals surface area contributed by atoms with Crippen LogP contribution in [0.5, 0.6) is 0 Å². The van der Waals surface area contributed by atoms with Crippen LogP contribution in [0, 0.1) is 0 Å². The first-order chi connectivity index (χ1) is 14.4. The van der Waals surface area contributed by atoms with Gasteiger partial charge in [0.2, 0.25) is 5.52 Å². The summed E-state index contributed by atoms with van der Waals surface area (Å²) in [5.74, 6) is 0. The second kappa shape index (κ2) is 8.66. The number of fused-ring (bicyclic) bond motifs is 2. The number of hydrogen-bond donors (Lipinski definition) is 0. The SMILES string of the molecule is C[n+]1ccc(C=CC=C2Sc3ccccc3N2CCC[N+](C)(C)C)c2ccccc21. The van der Waals surface area contributed by atoms with Crippen molar-refractivity contribution in [2.24, 2.45) is 7.05 Å². The van der Waals surface area contributed by atoms with Crippen LogP contribution >= 0.6 is 11.8 Å². The van der Waals surface area contributed by atoms with Gasteiger partial charge in [-0.3, -0.25) is 0 Å². The Morgan fingerprint density at radius 3 is 2.60 bits per heavy atom. The standard InChI is InChI=1S/C26H31N3S/c1-27-19-17-21(22-12-5-6-13-23(22)27)11-9-16-26-28(18-10-20-29(2,3)4)24-14-7-8-15-25(24)30-26/h5-9,11-17,19H,10,18,20H2,1-4H3/q+2. The largest absolute Gasteiger partial charge is 0.335 e. The highest BCUT2D eigenvalue weighted by molar-refractivity contribution is 8.03. The van der Waals surface area contributed by atoms with Crippen molar-refractivity contribution in [3.8, 4) is 0 Å². The van der Waals surface area contributed by atoms with E-state index in [1.54, 1.807) is 0 Å². The summed E-state index contributed by atoms with van der Waals surface area (Å²) in [6.45, 7) is 2.21. The molecule has 2 heterocycles. The number of allylic oxidation sites excluding steroid dienone is 2. The molecule has 3 nitrogen and oxygen atoms in total. The number of aromatic nitrogens is 1. The number of anilines is 1. The van der Waals surface area contributed by atoms with Crippen molar-refractivity contribution in [2.75, 3.05) is 39.1 Å². The number of benzene rings is 2. The fourth-order valence-electron chi connectivity index (χ4n) is 3.88. The Labute approximate surface area is 184 Å². The van der Waals surface area contributed by atoms with Gasteiger partial charge in [-0.05, 0) is 29.8 Å². The lowest BCUT2D eigenvalue weighted by Crippen LogP contribution is -2.37. The minimum absolute atomic E-state index is 1.00. The normalized spacial score (nSPS) is 15.5. The van der Waals surface area contributed by atoms with E-state index in [0.29, 0.717) is 0 Å². The Morgan fingerprint density at radius 1 is 1.00 bits per heavy atom. The molecule has 0 saturated carbocycles. The molecule has 3 aromatic rings. The van der Waals surface area contributed by atoms with Crippen LogP contribution in [0.3, 0.4) is 0 Å². The molecule has 1 aliphatic rings. The monoisotopic (exact) mass is 417 g/mol.